The predicted octanol–water partition coefficient (Wildman–Crippen LogP) is 4.07. The minimum Gasteiger partial charge on any atom is -0.489 e. The number of nitrogens with zero attached hydrogens (tertiary/aromatic N) is 3. The van der Waals surface area contributed by atoms with Crippen LogP contribution >= 0.6 is 0 Å². The van der Waals surface area contributed by atoms with E-state index >= 15 is 0 Å². The highest BCUT2D eigenvalue weighted by molar-refractivity contribution is 5.91. The van der Waals surface area contributed by atoms with Gasteiger partial charge in [-0.3, -0.25) is 4.98 Å². The first-order chi connectivity index (χ1) is 13.7. The standard InChI is InChI=1S/C22H28N4O2/c1-17-20(7-4-8-21(17)25-12-2-3-13-25)24-22(27)26-14-9-18(10-15-26)28-19-6-5-11-23-16-19/h4-8,11,16,18H,2-3,9-10,12-15H2,1H3,(H,24,27). The molecule has 1 aromatic heterocycles. The van der Waals surface area contributed by atoms with Gasteiger partial charge in [0.15, 0.2) is 0 Å². The van der Waals surface area contributed by atoms with Gasteiger partial charge in [0, 0.05) is 56.6 Å². The second kappa shape index (κ2) is 8.50. The number of carbonyl (C=O) groups is 1. The van der Waals surface area contributed by atoms with Crippen molar-refractivity contribution in [3.05, 3.63) is 48.3 Å². The average molecular weight is 380 g/mol. The number of carbonyl (C=O) groups excluding carboxylic acids is 1. The van der Waals surface area contributed by atoms with Crippen LogP contribution in [0.4, 0.5) is 16.2 Å². The molecule has 2 aliphatic heterocycles. The fourth-order valence-electron chi connectivity index (χ4n) is 4.04. The zero-order valence-corrected chi connectivity index (χ0v) is 16.4. The van der Waals surface area contributed by atoms with E-state index in [0.29, 0.717) is 13.1 Å². The number of nitrogens with one attached hydrogen (secondary N) is 1. The third kappa shape index (κ3) is 4.21. The summed E-state index contributed by atoms with van der Waals surface area (Å²) in [5.74, 6) is 0.791. The van der Waals surface area contributed by atoms with E-state index in [-0.39, 0.29) is 12.1 Å². The summed E-state index contributed by atoms with van der Waals surface area (Å²) in [7, 11) is 0. The van der Waals surface area contributed by atoms with Crippen LogP contribution in [0.15, 0.2) is 42.7 Å². The Kier molecular flexibility index (Phi) is 5.65. The van der Waals surface area contributed by atoms with Gasteiger partial charge in [-0.1, -0.05) is 6.07 Å². The van der Waals surface area contributed by atoms with Gasteiger partial charge >= 0.3 is 6.03 Å². The number of piperidine rings is 1. The van der Waals surface area contributed by atoms with Gasteiger partial charge in [-0.05, 0) is 49.6 Å². The molecule has 2 saturated heterocycles. The number of anilines is 2. The molecule has 1 N–H and O–H groups in total. The highest BCUT2D eigenvalue weighted by Gasteiger charge is 2.25. The molecule has 0 atom stereocenters. The predicted molar refractivity (Wildman–Crippen MR) is 111 cm³/mol. The quantitative estimate of drug-likeness (QED) is 0.869. The molecule has 6 nitrogen and oxygen atoms in total. The van der Waals surface area contributed by atoms with Crippen LogP contribution in [0, 0.1) is 6.92 Å². The van der Waals surface area contributed by atoms with Crippen molar-refractivity contribution in [1.29, 1.82) is 0 Å². The van der Waals surface area contributed by atoms with Crippen LogP contribution in [0.5, 0.6) is 5.75 Å². The van der Waals surface area contributed by atoms with Crippen LogP contribution in [0.25, 0.3) is 0 Å². The van der Waals surface area contributed by atoms with Crippen LogP contribution < -0.4 is 15.0 Å². The molecule has 4 rings (SSSR count). The fourth-order valence-corrected chi connectivity index (χ4v) is 4.04. The molecular weight excluding hydrogens is 352 g/mol. The summed E-state index contributed by atoms with van der Waals surface area (Å²) < 4.78 is 5.97. The van der Waals surface area contributed by atoms with E-state index in [9.17, 15) is 4.79 Å². The number of hydrogen-bond donors (Lipinski definition) is 1. The maximum Gasteiger partial charge on any atom is 0.321 e. The van der Waals surface area contributed by atoms with Crippen molar-refractivity contribution < 1.29 is 9.53 Å². The lowest BCUT2D eigenvalue weighted by molar-refractivity contribution is 0.115. The molecule has 2 amide bonds. The summed E-state index contributed by atoms with van der Waals surface area (Å²) in [4.78, 5) is 21.1. The summed E-state index contributed by atoms with van der Waals surface area (Å²) in [6, 6.07) is 9.94. The minimum atomic E-state index is -0.0264. The van der Waals surface area contributed by atoms with Gasteiger partial charge < -0.3 is 19.9 Å². The van der Waals surface area contributed by atoms with Gasteiger partial charge in [0.05, 0.1) is 6.20 Å². The molecule has 0 unspecified atom stereocenters. The number of pyridine rings is 1. The Morgan fingerprint density at radius 3 is 2.61 bits per heavy atom. The number of ether oxygens (including phenoxy) is 1. The van der Waals surface area contributed by atoms with E-state index in [1.54, 1.807) is 12.4 Å². The molecular formula is C22H28N4O2. The first-order valence-electron chi connectivity index (χ1n) is 10.2. The normalized spacial score (nSPS) is 17.6. The first-order valence-corrected chi connectivity index (χ1v) is 10.2. The molecule has 148 valence electrons. The monoisotopic (exact) mass is 380 g/mol. The molecule has 2 aliphatic rings. The largest absolute Gasteiger partial charge is 0.489 e. The van der Waals surface area contributed by atoms with Gasteiger partial charge in [0.25, 0.3) is 0 Å². The van der Waals surface area contributed by atoms with Gasteiger partial charge in [-0.15, -0.1) is 0 Å². The molecule has 28 heavy (non-hydrogen) atoms. The van der Waals surface area contributed by atoms with E-state index in [1.807, 2.05) is 29.2 Å². The van der Waals surface area contributed by atoms with Gasteiger partial charge in [-0.25, -0.2) is 4.79 Å². The molecule has 6 heteroatoms. The smallest absolute Gasteiger partial charge is 0.321 e. The van der Waals surface area contributed by atoms with Crippen molar-refractivity contribution in [2.24, 2.45) is 0 Å². The number of hydrogen-bond acceptors (Lipinski definition) is 4. The second-order valence-electron chi connectivity index (χ2n) is 7.57. The third-order valence-electron chi connectivity index (χ3n) is 5.66. The van der Waals surface area contributed by atoms with Gasteiger partial charge in [0.2, 0.25) is 0 Å². The number of benzene rings is 1. The van der Waals surface area contributed by atoms with Crippen LogP contribution in [-0.4, -0.2) is 48.2 Å². The maximum atomic E-state index is 12.8. The van der Waals surface area contributed by atoms with E-state index in [1.165, 1.54) is 18.5 Å². The van der Waals surface area contributed by atoms with Crippen LogP contribution in [0.2, 0.25) is 0 Å². The lowest BCUT2D eigenvalue weighted by Crippen LogP contribution is -2.43. The molecule has 0 aliphatic carbocycles. The van der Waals surface area contributed by atoms with E-state index in [0.717, 1.165) is 42.9 Å². The van der Waals surface area contributed by atoms with Crippen molar-refractivity contribution in [1.82, 2.24) is 9.88 Å². The lowest BCUT2D eigenvalue weighted by atomic mass is 10.1. The maximum absolute atomic E-state index is 12.8. The van der Waals surface area contributed by atoms with Crippen molar-refractivity contribution in [3.63, 3.8) is 0 Å². The Labute approximate surface area is 166 Å². The molecule has 0 bridgehead atoms. The SMILES string of the molecule is Cc1c(NC(=O)N2CCC(Oc3cccnc3)CC2)cccc1N1CCCC1. The number of rotatable bonds is 4. The highest BCUT2D eigenvalue weighted by Crippen LogP contribution is 2.29. The first kappa shape index (κ1) is 18.6. The zero-order valence-electron chi connectivity index (χ0n) is 16.4. The Morgan fingerprint density at radius 1 is 1.11 bits per heavy atom. The van der Waals surface area contributed by atoms with E-state index in [4.69, 9.17) is 4.74 Å². The molecule has 0 radical (unpaired) electrons. The average Bonchev–Trinajstić information content (AvgIpc) is 3.25. The number of amides is 2. The fraction of sp³-hybridized carbons (Fsp3) is 0.455. The zero-order chi connectivity index (χ0) is 19.3. The molecule has 0 saturated carbocycles. The van der Waals surface area contributed by atoms with Crippen LogP contribution in [0.1, 0.15) is 31.2 Å². The summed E-state index contributed by atoms with van der Waals surface area (Å²) >= 11 is 0. The molecule has 0 spiro atoms. The highest BCUT2D eigenvalue weighted by atomic mass is 16.5. The van der Waals surface area contributed by atoms with E-state index in [2.05, 4.69) is 28.2 Å². The van der Waals surface area contributed by atoms with Gasteiger partial charge in [-0.2, -0.15) is 0 Å². The minimum absolute atomic E-state index is 0.0264. The Morgan fingerprint density at radius 2 is 1.89 bits per heavy atom. The van der Waals surface area contributed by atoms with Gasteiger partial charge in [0.1, 0.15) is 11.9 Å². The van der Waals surface area contributed by atoms with E-state index < -0.39 is 0 Å². The van der Waals surface area contributed by atoms with Crippen LogP contribution in [-0.2, 0) is 0 Å². The summed E-state index contributed by atoms with van der Waals surface area (Å²) in [6.07, 6.45) is 7.74. The number of aromatic nitrogens is 1. The van der Waals surface area contributed by atoms with Crippen molar-refractivity contribution >= 4 is 17.4 Å². The molecule has 3 heterocycles. The number of likely N-dealkylation sites (tertiary alicyclic amines) is 1. The summed E-state index contributed by atoms with van der Waals surface area (Å²) in [5.41, 5.74) is 3.29. The van der Waals surface area contributed by atoms with Crippen LogP contribution in [0.3, 0.4) is 0 Å². The molecule has 2 aromatic rings. The second-order valence-corrected chi connectivity index (χ2v) is 7.57. The number of urea groups is 1. The van der Waals surface area contributed by atoms with Crippen molar-refractivity contribution in [2.45, 2.75) is 38.7 Å². The molecule has 1 aromatic carbocycles. The Hall–Kier alpha value is -2.76. The molecule has 2 fully saturated rings. The summed E-state index contributed by atoms with van der Waals surface area (Å²) in [5, 5.41) is 3.12. The Balaban J connectivity index is 1.33. The topological polar surface area (TPSA) is 57.7 Å². The summed E-state index contributed by atoms with van der Waals surface area (Å²) in [6.45, 7) is 5.69. The van der Waals surface area contributed by atoms with Crippen molar-refractivity contribution in [2.75, 3.05) is 36.4 Å². The third-order valence-corrected chi connectivity index (χ3v) is 5.66. The van der Waals surface area contributed by atoms with Crippen molar-refractivity contribution in [3.8, 4) is 5.75 Å². The lowest BCUT2D eigenvalue weighted by Gasteiger charge is -2.32. The Bertz CT molecular complexity index is 797.